The van der Waals surface area contributed by atoms with Crippen molar-refractivity contribution in [1.29, 1.82) is 0 Å². The number of hydrogen-bond donors (Lipinski definition) is 0. The van der Waals surface area contributed by atoms with Crippen molar-refractivity contribution in [1.82, 2.24) is 19.7 Å². The van der Waals surface area contributed by atoms with Crippen molar-refractivity contribution in [2.24, 2.45) is 7.05 Å². The van der Waals surface area contributed by atoms with Gasteiger partial charge in [-0.15, -0.1) is 0 Å². The Balaban J connectivity index is 2.08. The van der Waals surface area contributed by atoms with E-state index < -0.39 is 0 Å². The first-order chi connectivity index (χ1) is 12.4. The summed E-state index contributed by atoms with van der Waals surface area (Å²) in [5.41, 5.74) is 4.24. The second-order valence-electron chi connectivity index (χ2n) is 6.89. The third-order valence-electron chi connectivity index (χ3n) is 4.91. The highest BCUT2D eigenvalue weighted by molar-refractivity contribution is 6.06. The van der Waals surface area contributed by atoms with E-state index in [4.69, 9.17) is 0 Å². The first kappa shape index (κ1) is 18.1. The summed E-state index contributed by atoms with van der Waals surface area (Å²) < 4.78 is 1.75. The fourth-order valence-electron chi connectivity index (χ4n) is 3.32. The van der Waals surface area contributed by atoms with Crippen LogP contribution in [0.2, 0.25) is 0 Å². The molecule has 136 valence electrons. The summed E-state index contributed by atoms with van der Waals surface area (Å²) in [4.78, 5) is 20.1. The van der Waals surface area contributed by atoms with Gasteiger partial charge in [-0.3, -0.25) is 9.48 Å². The molecule has 1 atom stereocenters. The highest BCUT2D eigenvalue weighted by atomic mass is 16.2. The van der Waals surface area contributed by atoms with Gasteiger partial charge < -0.3 is 4.90 Å². The Labute approximate surface area is 154 Å². The Morgan fingerprint density at radius 3 is 2.58 bits per heavy atom. The van der Waals surface area contributed by atoms with E-state index >= 15 is 0 Å². The van der Waals surface area contributed by atoms with Crippen LogP contribution in [0.1, 0.15) is 47.6 Å². The number of pyridine rings is 1. The van der Waals surface area contributed by atoms with Crippen LogP contribution in [0.5, 0.6) is 0 Å². The van der Waals surface area contributed by atoms with Gasteiger partial charge in [0.1, 0.15) is 0 Å². The molecule has 0 saturated heterocycles. The lowest BCUT2D eigenvalue weighted by Gasteiger charge is -2.29. The van der Waals surface area contributed by atoms with Gasteiger partial charge in [-0.05, 0) is 38.8 Å². The van der Waals surface area contributed by atoms with Crippen molar-refractivity contribution in [2.45, 2.75) is 46.7 Å². The Bertz CT molecular complexity index is 930. The largest absolute Gasteiger partial charge is 0.332 e. The number of aromatic nitrogens is 3. The van der Waals surface area contributed by atoms with Crippen molar-refractivity contribution in [3.8, 4) is 0 Å². The molecule has 0 bridgehead atoms. The zero-order valence-electron chi connectivity index (χ0n) is 16.2. The van der Waals surface area contributed by atoms with Crippen LogP contribution in [0.4, 0.5) is 0 Å². The molecule has 2 heterocycles. The minimum absolute atomic E-state index is 0.0369. The maximum atomic E-state index is 13.5. The molecule has 0 unspecified atom stereocenters. The molecular weight excluding hydrogens is 324 g/mol. The highest BCUT2D eigenvalue weighted by Crippen LogP contribution is 2.25. The molecular formula is C21H26N4O. The molecule has 1 aromatic carbocycles. The zero-order valence-corrected chi connectivity index (χ0v) is 16.2. The third-order valence-corrected chi connectivity index (χ3v) is 4.91. The Morgan fingerprint density at radius 2 is 1.92 bits per heavy atom. The molecule has 2 aromatic heterocycles. The summed E-state index contributed by atoms with van der Waals surface area (Å²) >= 11 is 0. The molecule has 0 aliphatic heterocycles. The minimum Gasteiger partial charge on any atom is -0.332 e. The molecule has 5 heteroatoms. The maximum absolute atomic E-state index is 13.5. The van der Waals surface area contributed by atoms with Crippen molar-refractivity contribution in [2.75, 3.05) is 0 Å². The highest BCUT2D eigenvalue weighted by Gasteiger charge is 2.25. The summed E-state index contributed by atoms with van der Waals surface area (Å²) in [5.74, 6) is 0.0369. The van der Waals surface area contributed by atoms with Crippen LogP contribution in [0.25, 0.3) is 11.0 Å². The van der Waals surface area contributed by atoms with E-state index in [-0.39, 0.29) is 11.9 Å². The standard InChI is InChI=1S/C21H26N4O/c1-6-15(3)25(13-17-10-8-7-9-11-17)21(26)18-12-14(2)22-20-19(18)16(4)23-24(20)5/h7-12,15H,6,13H2,1-5H3/t15-/m0/s1. The smallest absolute Gasteiger partial charge is 0.255 e. The van der Waals surface area contributed by atoms with E-state index in [1.807, 2.05) is 50.1 Å². The van der Waals surface area contributed by atoms with Crippen molar-refractivity contribution in [3.05, 3.63) is 58.9 Å². The number of rotatable bonds is 5. The lowest BCUT2D eigenvalue weighted by Crippen LogP contribution is -2.38. The predicted molar refractivity (Wildman–Crippen MR) is 104 cm³/mol. The number of benzene rings is 1. The minimum atomic E-state index is 0.0369. The van der Waals surface area contributed by atoms with Gasteiger partial charge >= 0.3 is 0 Å². The fourth-order valence-corrected chi connectivity index (χ4v) is 3.32. The Kier molecular flexibility index (Phi) is 5.07. The lowest BCUT2D eigenvalue weighted by atomic mass is 10.1. The fraction of sp³-hybridized carbons (Fsp3) is 0.381. The van der Waals surface area contributed by atoms with Gasteiger partial charge in [0.25, 0.3) is 5.91 Å². The summed E-state index contributed by atoms with van der Waals surface area (Å²) in [5, 5.41) is 5.32. The summed E-state index contributed by atoms with van der Waals surface area (Å²) in [7, 11) is 1.87. The Morgan fingerprint density at radius 1 is 1.23 bits per heavy atom. The maximum Gasteiger partial charge on any atom is 0.255 e. The van der Waals surface area contributed by atoms with Gasteiger partial charge in [0.05, 0.1) is 16.6 Å². The molecule has 3 aromatic rings. The van der Waals surface area contributed by atoms with Crippen LogP contribution < -0.4 is 0 Å². The van der Waals surface area contributed by atoms with Crippen LogP contribution >= 0.6 is 0 Å². The molecule has 0 saturated carbocycles. The average molecular weight is 350 g/mol. The predicted octanol–water partition coefficient (Wildman–Crippen LogP) is 4.03. The van der Waals surface area contributed by atoms with Crippen molar-refractivity contribution in [3.63, 3.8) is 0 Å². The first-order valence-electron chi connectivity index (χ1n) is 9.08. The van der Waals surface area contributed by atoms with Crippen LogP contribution in [-0.4, -0.2) is 31.6 Å². The number of nitrogens with zero attached hydrogens (tertiary/aromatic N) is 4. The van der Waals surface area contributed by atoms with Gasteiger partial charge in [0.15, 0.2) is 5.65 Å². The number of aryl methyl sites for hydroxylation is 3. The molecule has 0 fully saturated rings. The van der Waals surface area contributed by atoms with E-state index in [1.165, 1.54) is 0 Å². The normalized spacial score (nSPS) is 12.3. The molecule has 5 nitrogen and oxygen atoms in total. The monoisotopic (exact) mass is 350 g/mol. The van der Waals surface area contributed by atoms with Crippen LogP contribution in [-0.2, 0) is 13.6 Å². The topological polar surface area (TPSA) is 51.0 Å². The second kappa shape index (κ2) is 7.28. The Hall–Kier alpha value is -2.69. The number of carbonyl (C=O) groups excluding carboxylic acids is 1. The van der Waals surface area contributed by atoms with Crippen LogP contribution in [0.3, 0.4) is 0 Å². The molecule has 1 amide bonds. The zero-order chi connectivity index (χ0) is 18.8. The van der Waals surface area contributed by atoms with E-state index in [2.05, 4.69) is 36.1 Å². The SMILES string of the molecule is CC[C@H](C)N(Cc1ccccc1)C(=O)c1cc(C)nc2c1c(C)nn2C. The van der Waals surface area contributed by atoms with E-state index in [0.29, 0.717) is 12.1 Å². The molecule has 0 spiro atoms. The molecule has 3 rings (SSSR count). The average Bonchev–Trinajstić information content (AvgIpc) is 2.92. The van der Waals surface area contributed by atoms with E-state index in [9.17, 15) is 4.79 Å². The molecule has 0 aliphatic rings. The van der Waals surface area contributed by atoms with E-state index in [0.717, 1.165) is 34.4 Å². The number of carbonyl (C=O) groups is 1. The van der Waals surface area contributed by atoms with Crippen LogP contribution in [0.15, 0.2) is 36.4 Å². The van der Waals surface area contributed by atoms with Gasteiger partial charge in [0, 0.05) is 25.3 Å². The quantitative estimate of drug-likeness (QED) is 0.698. The summed E-state index contributed by atoms with van der Waals surface area (Å²) in [6.45, 7) is 8.65. The lowest BCUT2D eigenvalue weighted by molar-refractivity contribution is 0.0673. The second-order valence-corrected chi connectivity index (χ2v) is 6.89. The molecule has 0 N–H and O–H groups in total. The molecule has 26 heavy (non-hydrogen) atoms. The third kappa shape index (κ3) is 3.34. The van der Waals surface area contributed by atoms with E-state index in [1.54, 1.807) is 4.68 Å². The van der Waals surface area contributed by atoms with Gasteiger partial charge in [0.2, 0.25) is 0 Å². The number of fused-ring (bicyclic) bond motifs is 1. The van der Waals surface area contributed by atoms with Gasteiger partial charge in [-0.1, -0.05) is 37.3 Å². The number of amides is 1. The molecule has 0 radical (unpaired) electrons. The first-order valence-corrected chi connectivity index (χ1v) is 9.08. The summed E-state index contributed by atoms with van der Waals surface area (Å²) in [6.07, 6.45) is 0.901. The molecule has 0 aliphatic carbocycles. The van der Waals surface area contributed by atoms with Gasteiger partial charge in [-0.25, -0.2) is 4.98 Å². The van der Waals surface area contributed by atoms with Crippen LogP contribution in [0, 0.1) is 13.8 Å². The van der Waals surface area contributed by atoms with Gasteiger partial charge in [-0.2, -0.15) is 5.10 Å². The van der Waals surface area contributed by atoms with Crippen molar-refractivity contribution < 1.29 is 4.79 Å². The number of hydrogen-bond acceptors (Lipinski definition) is 3. The van der Waals surface area contributed by atoms with Crippen molar-refractivity contribution >= 4 is 16.9 Å². The summed E-state index contributed by atoms with van der Waals surface area (Å²) in [6, 6.07) is 12.2.